The van der Waals surface area contributed by atoms with Gasteiger partial charge in [0.25, 0.3) is 5.91 Å². The van der Waals surface area contributed by atoms with Crippen LogP contribution >= 0.6 is 34.9 Å². The Bertz CT molecular complexity index is 1500. The predicted molar refractivity (Wildman–Crippen MR) is 129 cm³/mol. The third-order valence-electron chi connectivity index (χ3n) is 5.97. The van der Waals surface area contributed by atoms with Gasteiger partial charge in [0.15, 0.2) is 0 Å². The van der Waals surface area contributed by atoms with Crippen molar-refractivity contribution in [1.29, 1.82) is 5.41 Å². The van der Waals surface area contributed by atoms with E-state index in [1.54, 1.807) is 7.05 Å². The molecule has 1 fully saturated rings. The Kier molecular flexibility index (Phi) is 6.41. The van der Waals surface area contributed by atoms with Gasteiger partial charge in [-0.25, -0.2) is 18.9 Å². The maximum absolute atomic E-state index is 13.9. The number of hydrogen-bond acceptors (Lipinski definition) is 14. The fourth-order valence-corrected chi connectivity index (χ4v) is 7.28. The summed E-state index contributed by atoms with van der Waals surface area (Å²) in [5, 5.41) is 41.8. The SMILES string of the molecule is Cn1nnnc1SCC1=C(C(=O)O)N2C(=O)C[C@@H]2SC1NC(=O)C1(c2csc(=N)n2N)NOC=C1C(=O)O. The number of carboxylic acids is 2. The van der Waals surface area contributed by atoms with Gasteiger partial charge < -0.3 is 26.2 Å². The molecule has 3 atom stereocenters. The normalized spacial score (nSPS) is 24.4. The fraction of sp³-hybridized carbons (Fsp3) is 0.333. The molecule has 20 heteroatoms. The Labute approximate surface area is 224 Å². The summed E-state index contributed by atoms with van der Waals surface area (Å²) in [5.41, 5.74) is -0.451. The van der Waals surface area contributed by atoms with E-state index < -0.39 is 39.7 Å². The number of carbonyl (C=O) groups excluding carboxylic acids is 2. The van der Waals surface area contributed by atoms with E-state index in [4.69, 9.17) is 16.1 Å². The number of β-lactam (4-membered cyclic amide) rings is 1. The Morgan fingerprint density at radius 3 is 2.74 bits per heavy atom. The van der Waals surface area contributed by atoms with Crippen LogP contribution in [0.5, 0.6) is 0 Å². The van der Waals surface area contributed by atoms with E-state index in [-0.39, 0.29) is 39.8 Å². The molecule has 2 aromatic heterocycles. The second-order valence-corrected chi connectivity index (χ2v) is 11.2. The number of aromatic nitrogens is 5. The van der Waals surface area contributed by atoms with Crippen molar-refractivity contribution in [2.45, 2.75) is 27.9 Å². The quantitative estimate of drug-likeness (QED) is 0.110. The number of aryl methyl sites for hydroxylation is 1. The van der Waals surface area contributed by atoms with Gasteiger partial charge in [-0.05, 0) is 10.4 Å². The Balaban J connectivity index is 1.55. The number of thiazole rings is 1. The Hall–Kier alpha value is -3.88. The number of amides is 2. The second kappa shape index (κ2) is 9.45. The molecule has 3 aliphatic rings. The van der Waals surface area contributed by atoms with Crippen molar-refractivity contribution < 1.29 is 34.2 Å². The predicted octanol–water partition coefficient (Wildman–Crippen LogP) is -2.16. The largest absolute Gasteiger partial charge is 0.478 e. The molecular weight excluding hydrogens is 564 g/mol. The summed E-state index contributed by atoms with van der Waals surface area (Å²) < 4.78 is 2.22. The number of hydroxylamine groups is 1. The molecule has 0 saturated carbocycles. The lowest BCUT2D eigenvalue weighted by molar-refractivity contribution is -0.146. The first kappa shape index (κ1) is 25.8. The van der Waals surface area contributed by atoms with Gasteiger partial charge in [0.2, 0.25) is 21.4 Å². The maximum Gasteiger partial charge on any atom is 0.352 e. The highest BCUT2D eigenvalue weighted by atomic mass is 32.2. The number of tetrazole rings is 1. The minimum Gasteiger partial charge on any atom is -0.478 e. The number of nitrogens with zero attached hydrogens (tertiary/aromatic N) is 6. The van der Waals surface area contributed by atoms with Crippen LogP contribution < -0.4 is 21.4 Å². The number of carbonyl (C=O) groups is 4. The van der Waals surface area contributed by atoms with Gasteiger partial charge in [-0.3, -0.25) is 19.9 Å². The minimum atomic E-state index is -2.17. The lowest BCUT2D eigenvalue weighted by Crippen LogP contribution is -2.61. The molecule has 0 radical (unpaired) electrons. The summed E-state index contributed by atoms with van der Waals surface area (Å²) in [4.78, 5) is 56.6. The van der Waals surface area contributed by atoms with Gasteiger partial charge >= 0.3 is 11.9 Å². The number of thioether (sulfide) groups is 2. The number of fused-ring (bicyclic) bond motifs is 1. The maximum atomic E-state index is 13.9. The van der Waals surface area contributed by atoms with Crippen LogP contribution in [0, 0.1) is 5.41 Å². The van der Waals surface area contributed by atoms with E-state index in [1.807, 2.05) is 0 Å². The zero-order valence-electron chi connectivity index (χ0n) is 19.1. The van der Waals surface area contributed by atoms with Gasteiger partial charge in [-0.15, -0.1) is 33.7 Å². The molecule has 0 aromatic carbocycles. The lowest BCUT2D eigenvalue weighted by atomic mass is 9.87. The third-order valence-corrected chi connectivity index (χ3v) is 9.16. The molecule has 2 unspecified atom stereocenters. The first-order chi connectivity index (χ1) is 18.1. The van der Waals surface area contributed by atoms with Crippen LogP contribution in [0.1, 0.15) is 12.1 Å². The summed E-state index contributed by atoms with van der Waals surface area (Å²) in [5.74, 6) is 1.78. The molecule has 2 amide bonds. The average Bonchev–Trinajstić information content (AvgIpc) is 3.57. The van der Waals surface area contributed by atoms with Gasteiger partial charge in [-0.2, -0.15) is 0 Å². The first-order valence-corrected chi connectivity index (χ1v) is 13.3. The van der Waals surface area contributed by atoms with E-state index in [0.29, 0.717) is 5.16 Å². The van der Waals surface area contributed by atoms with Crippen LogP contribution in [0.4, 0.5) is 0 Å². The van der Waals surface area contributed by atoms with Crippen molar-refractivity contribution >= 4 is 58.6 Å². The Morgan fingerprint density at radius 2 is 2.16 bits per heavy atom. The molecule has 200 valence electrons. The lowest BCUT2D eigenvalue weighted by Gasteiger charge is -2.47. The van der Waals surface area contributed by atoms with Crippen molar-refractivity contribution in [2.75, 3.05) is 11.6 Å². The van der Waals surface area contributed by atoms with Gasteiger partial charge in [0.1, 0.15) is 22.9 Å². The van der Waals surface area contributed by atoms with Gasteiger partial charge in [-0.1, -0.05) is 11.8 Å². The van der Waals surface area contributed by atoms with Crippen molar-refractivity contribution in [2.24, 2.45) is 7.05 Å². The monoisotopic (exact) mass is 582 g/mol. The van der Waals surface area contributed by atoms with E-state index in [2.05, 4.69) is 26.3 Å². The molecule has 0 spiro atoms. The van der Waals surface area contributed by atoms with Crippen LogP contribution in [0.3, 0.4) is 0 Å². The molecule has 2 aromatic rings. The number of nitrogens with two attached hydrogens (primary N) is 1. The molecule has 0 bridgehead atoms. The van der Waals surface area contributed by atoms with Crippen molar-refractivity contribution in [3.8, 4) is 0 Å². The number of nitrogen functional groups attached to an aromatic ring is 1. The summed E-state index contributed by atoms with van der Waals surface area (Å²) in [6, 6.07) is 0. The minimum absolute atomic E-state index is 0.0188. The van der Waals surface area contributed by atoms with E-state index in [0.717, 1.165) is 50.7 Å². The highest BCUT2D eigenvalue weighted by Crippen LogP contribution is 2.45. The number of carboxylic acid groups (broad SMARTS) is 2. The van der Waals surface area contributed by atoms with Crippen LogP contribution in [0.15, 0.2) is 33.6 Å². The van der Waals surface area contributed by atoms with Crippen LogP contribution in [0.25, 0.3) is 0 Å². The van der Waals surface area contributed by atoms with E-state index in [1.165, 1.54) is 10.1 Å². The summed E-state index contributed by atoms with van der Waals surface area (Å²) in [6.45, 7) is 0. The number of hydrogen-bond donors (Lipinski definition) is 6. The van der Waals surface area contributed by atoms with Crippen molar-refractivity contribution in [1.82, 2.24) is 40.6 Å². The Morgan fingerprint density at radius 1 is 1.39 bits per heavy atom. The fourth-order valence-electron chi connectivity index (χ4n) is 4.11. The first-order valence-electron chi connectivity index (χ1n) is 10.5. The highest BCUT2D eigenvalue weighted by molar-refractivity contribution is 8.01. The molecule has 3 aliphatic heterocycles. The summed E-state index contributed by atoms with van der Waals surface area (Å²) in [7, 11) is 1.59. The standard InChI is InChI=1S/C18H18N10O7S3/c1-26-17(22-24-25-26)37-4-6-11(14(32)33)27-9(29)2-10(27)38-12(6)21-15(34)18(7(13(30)31)3-35-23-18)8-5-36-16(19)28(8)20/h3,5,10,12,19,23H,2,4,20H2,1H3,(H,21,34)(H,30,31)(H,32,33)/t10-,12?,18?/m0/s1. The topological polar surface area (TPSA) is 244 Å². The average molecular weight is 583 g/mol. The molecular formula is C18H18N10O7S3. The van der Waals surface area contributed by atoms with Gasteiger partial charge in [0.05, 0.1) is 17.5 Å². The summed E-state index contributed by atoms with van der Waals surface area (Å²) >= 11 is 3.08. The highest BCUT2D eigenvalue weighted by Gasteiger charge is 2.56. The van der Waals surface area contributed by atoms with Crippen LogP contribution in [-0.4, -0.2) is 80.2 Å². The number of rotatable bonds is 8. The molecule has 17 nitrogen and oxygen atoms in total. The van der Waals surface area contributed by atoms with Crippen LogP contribution in [-0.2, 0) is 36.6 Å². The molecule has 7 N–H and O–H groups in total. The van der Waals surface area contributed by atoms with E-state index >= 15 is 0 Å². The third kappa shape index (κ3) is 3.92. The second-order valence-electron chi connectivity index (χ2n) is 8.07. The van der Waals surface area contributed by atoms with E-state index in [9.17, 15) is 29.4 Å². The number of aliphatic carboxylic acids is 2. The zero-order valence-corrected chi connectivity index (χ0v) is 21.6. The molecule has 5 heterocycles. The molecule has 38 heavy (non-hydrogen) atoms. The molecule has 5 rings (SSSR count). The van der Waals surface area contributed by atoms with Gasteiger partial charge in [0, 0.05) is 23.8 Å². The van der Waals surface area contributed by atoms with Crippen molar-refractivity contribution in [3.05, 3.63) is 39.0 Å². The smallest absolute Gasteiger partial charge is 0.352 e. The van der Waals surface area contributed by atoms with Crippen molar-refractivity contribution in [3.63, 3.8) is 0 Å². The zero-order chi connectivity index (χ0) is 27.4. The van der Waals surface area contributed by atoms with Crippen LogP contribution in [0.2, 0.25) is 0 Å². The molecule has 0 aliphatic carbocycles. The summed E-state index contributed by atoms with van der Waals surface area (Å²) in [6.07, 6.45) is 0.906. The molecule has 1 saturated heterocycles. The number of nitrogens with one attached hydrogen (secondary N) is 3.